The van der Waals surface area contributed by atoms with Gasteiger partial charge in [-0.3, -0.25) is 0 Å². The van der Waals surface area contributed by atoms with E-state index in [1.807, 2.05) is 13.8 Å². The number of aryl methyl sites for hydroxylation is 2. The molecule has 3 N–H and O–H groups in total. The molecule has 0 bridgehead atoms. The normalized spacial score (nSPS) is 11.5. The molecule has 0 aliphatic rings. The highest BCUT2D eigenvalue weighted by Crippen LogP contribution is 2.29. The molecule has 6 heteroatoms. The second kappa shape index (κ2) is 8.34. The van der Waals surface area contributed by atoms with Gasteiger partial charge in [-0.1, -0.05) is 13.8 Å². The van der Waals surface area contributed by atoms with Crippen molar-refractivity contribution in [1.29, 1.82) is 0 Å². The summed E-state index contributed by atoms with van der Waals surface area (Å²) < 4.78 is 0. The number of amides is 2. The van der Waals surface area contributed by atoms with Gasteiger partial charge in [0, 0.05) is 18.0 Å². The third-order valence-electron chi connectivity index (χ3n) is 4.24. The molecular formula is C15H27N3O2S. The molecule has 0 saturated carbocycles. The molecule has 0 aromatic carbocycles. The molecule has 2 amide bonds. The Hall–Kier alpha value is -1.14. The summed E-state index contributed by atoms with van der Waals surface area (Å²) in [5.74, 6) is 0. The fourth-order valence-corrected chi connectivity index (χ4v) is 3.15. The number of nitrogens with zero attached hydrogens (tertiary/aromatic N) is 1. The SMILES string of the molecule is CCC(CC)(CCO)CNC(=O)NCc1nc(C)c(C)s1. The van der Waals surface area contributed by atoms with Crippen LogP contribution >= 0.6 is 11.3 Å². The number of aliphatic hydroxyl groups is 1. The van der Waals surface area contributed by atoms with E-state index in [2.05, 4.69) is 29.5 Å². The van der Waals surface area contributed by atoms with Gasteiger partial charge in [0.05, 0.1) is 12.2 Å². The van der Waals surface area contributed by atoms with Crippen LogP contribution in [0, 0.1) is 19.3 Å². The Balaban J connectivity index is 2.42. The molecule has 120 valence electrons. The van der Waals surface area contributed by atoms with E-state index in [0.29, 0.717) is 19.5 Å². The van der Waals surface area contributed by atoms with Gasteiger partial charge in [-0.05, 0) is 38.5 Å². The highest BCUT2D eigenvalue weighted by Gasteiger charge is 2.26. The van der Waals surface area contributed by atoms with Crippen LogP contribution in [0.2, 0.25) is 0 Å². The molecule has 21 heavy (non-hydrogen) atoms. The number of rotatable bonds is 8. The second-order valence-electron chi connectivity index (χ2n) is 5.47. The molecule has 1 aromatic rings. The zero-order valence-corrected chi connectivity index (χ0v) is 14.3. The van der Waals surface area contributed by atoms with Crippen LogP contribution < -0.4 is 10.6 Å². The highest BCUT2D eigenvalue weighted by atomic mass is 32.1. The number of aromatic nitrogens is 1. The maximum absolute atomic E-state index is 11.9. The molecule has 1 rings (SSSR count). The fourth-order valence-electron chi connectivity index (χ4n) is 2.28. The predicted octanol–water partition coefficient (Wildman–Crippen LogP) is 2.75. The molecule has 0 aliphatic carbocycles. The number of aliphatic hydroxyl groups excluding tert-OH is 1. The number of nitrogens with one attached hydrogen (secondary N) is 2. The maximum atomic E-state index is 11.9. The van der Waals surface area contributed by atoms with Crippen molar-refractivity contribution >= 4 is 17.4 Å². The van der Waals surface area contributed by atoms with Crippen molar-refractivity contribution in [2.45, 2.75) is 53.5 Å². The summed E-state index contributed by atoms with van der Waals surface area (Å²) in [5, 5.41) is 15.9. The molecule has 1 heterocycles. The third kappa shape index (κ3) is 5.28. The van der Waals surface area contributed by atoms with E-state index >= 15 is 0 Å². The van der Waals surface area contributed by atoms with Crippen molar-refractivity contribution in [3.05, 3.63) is 15.6 Å². The first-order chi connectivity index (χ1) is 9.96. The fraction of sp³-hybridized carbons (Fsp3) is 0.733. The van der Waals surface area contributed by atoms with Crippen molar-refractivity contribution in [1.82, 2.24) is 15.6 Å². The topological polar surface area (TPSA) is 74.2 Å². The van der Waals surface area contributed by atoms with Crippen molar-refractivity contribution in [3.63, 3.8) is 0 Å². The molecule has 0 radical (unpaired) electrons. The summed E-state index contributed by atoms with van der Waals surface area (Å²) in [4.78, 5) is 17.5. The lowest BCUT2D eigenvalue weighted by molar-refractivity contribution is 0.163. The second-order valence-corrected chi connectivity index (χ2v) is 6.75. The van der Waals surface area contributed by atoms with Crippen molar-refractivity contribution in [3.8, 4) is 0 Å². The zero-order valence-electron chi connectivity index (χ0n) is 13.5. The van der Waals surface area contributed by atoms with E-state index in [1.165, 1.54) is 4.88 Å². The Morgan fingerprint density at radius 1 is 1.29 bits per heavy atom. The van der Waals surface area contributed by atoms with Crippen LogP contribution in [0.4, 0.5) is 4.79 Å². The quantitative estimate of drug-likeness (QED) is 0.691. The Morgan fingerprint density at radius 3 is 2.43 bits per heavy atom. The van der Waals surface area contributed by atoms with Crippen LogP contribution in [0.3, 0.4) is 0 Å². The van der Waals surface area contributed by atoms with Crippen LogP contribution in [0.25, 0.3) is 0 Å². The number of hydrogen-bond acceptors (Lipinski definition) is 4. The average molecular weight is 313 g/mol. The van der Waals surface area contributed by atoms with Gasteiger partial charge in [-0.15, -0.1) is 11.3 Å². The molecule has 0 atom stereocenters. The van der Waals surface area contributed by atoms with Crippen molar-refractivity contribution < 1.29 is 9.90 Å². The summed E-state index contributed by atoms with van der Waals surface area (Å²) in [6, 6.07) is -0.176. The van der Waals surface area contributed by atoms with Crippen LogP contribution in [-0.4, -0.2) is 29.3 Å². The molecule has 1 aromatic heterocycles. The van der Waals surface area contributed by atoms with Gasteiger partial charge in [0.2, 0.25) is 0 Å². The van der Waals surface area contributed by atoms with E-state index < -0.39 is 0 Å². The van der Waals surface area contributed by atoms with Gasteiger partial charge in [0.25, 0.3) is 0 Å². The Morgan fingerprint density at radius 2 is 1.95 bits per heavy atom. The molecule has 0 fully saturated rings. The highest BCUT2D eigenvalue weighted by molar-refractivity contribution is 7.11. The Kier molecular flexibility index (Phi) is 7.11. The molecular weight excluding hydrogens is 286 g/mol. The van der Waals surface area contributed by atoms with Crippen LogP contribution in [0.15, 0.2) is 0 Å². The maximum Gasteiger partial charge on any atom is 0.315 e. The van der Waals surface area contributed by atoms with Crippen molar-refractivity contribution in [2.24, 2.45) is 5.41 Å². The number of hydrogen-bond donors (Lipinski definition) is 3. The van der Waals surface area contributed by atoms with Gasteiger partial charge in [0.1, 0.15) is 5.01 Å². The first-order valence-electron chi connectivity index (χ1n) is 7.51. The van der Waals surface area contributed by atoms with Crippen LogP contribution in [0.5, 0.6) is 0 Å². The van der Waals surface area contributed by atoms with Gasteiger partial charge in [-0.2, -0.15) is 0 Å². The standard InChI is InChI=1S/C15H27N3O2S/c1-5-15(6-2,7-8-19)10-17-14(20)16-9-13-18-11(3)12(4)21-13/h19H,5-10H2,1-4H3,(H2,16,17,20). The van der Waals surface area contributed by atoms with Gasteiger partial charge in [-0.25, -0.2) is 9.78 Å². The van der Waals surface area contributed by atoms with Crippen LogP contribution in [-0.2, 0) is 6.54 Å². The van der Waals surface area contributed by atoms with Gasteiger partial charge < -0.3 is 15.7 Å². The third-order valence-corrected chi connectivity index (χ3v) is 5.31. The minimum Gasteiger partial charge on any atom is -0.396 e. The average Bonchev–Trinajstić information content (AvgIpc) is 2.80. The molecule has 0 saturated heterocycles. The summed E-state index contributed by atoms with van der Waals surface area (Å²) in [6.45, 7) is 9.39. The predicted molar refractivity (Wildman–Crippen MR) is 86.5 cm³/mol. The van der Waals surface area contributed by atoms with E-state index in [1.54, 1.807) is 11.3 Å². The monoisotopic (exact) mass is 313 g/mol. The van der Waals surface area contributed by atoms with E-state index in [4.69, 9.17) is 0 Å². The summed E-state index contributed by atoms with van der Waals surface area (Å²) in [5.41, 5.74) is 1.01. The molecule has 0 unspecified atom stereocenters. The lowest BCUT2D eigenvalue weighted by Gasteiger charge is -2.31. The first kappa shape index (κ1) is 17.9. The molecule has 5 nitrogen and oxygen atoms in total. The summed E-state index contributed by atoms with van der Waals surface area (Å²) >= 11 is 1.61. The first-order valence-corrected chi connectivity index (χ1v) is 8.33. The smallest absolute Gasteiger partial charge is 0.315 e. The number of thiazole rings is 1. The number of carbonyl (C=O) groups is 1. The van der Waals surface area contributed by atoms with Crippen LogP contribution in [0.1, 0.15) is 48.7 Å². The molecule has 0 spiro atoms. The Bertz CT molecular complexity index is 436. The summed E-state index contributed by atoms with van der Waals surface area (Å²) in [6.07, 6.45) is 2.59. The Labute approximate surface area is 131 Å². The largest absolute Gasteiger partial charge is 0.396 e. The zero-order chi connectivity index (χ0) is 15.9. The minimum absolute atomic E-state index is 0.0134. The lowest BCUT2D eigenvalue weighted by Crippen LogP contribution is -2.42. The minimum atomic E-state index is -0.176. The van der Waals surface area contributed by atoms with E-state index in [9.17, 15) is 9.90 Å². The number of urea groups is 1. The summed E-state index contributed by atoms with van der Waals surface area (Å²) in [7, 11) is 0. The van der Waals surface area contributed by atoms with E-state index in [-0.39, 0.29) is 18.1 Å². The van der Waals surface area contributed by atoms with Gasteiger partial charge >= 0.3 is 6.03 Å². The van der Waals surface area contributed by atoms with E-state index in [0.717, 1.165) is 23.5 Å². The lowest BCUT2D eigenvalue weighted by atomic mass is 9.79. The molecule has 0 aliphatic heterocycles. The number of carbonyl (C=O) groups excluding carboxylic acids is 1. The van der Waals surface area contributed by atoms with Gasteiger partial charge in [0.15, 0.2) is 0 Å². The van der Waals surface area contributed by atoms with Crippen molar-refractivity contribution in [2.75, 3.05) is 13.2 Å².